The molecule has 0 fully saturated rings. The van der Waals surface area contributed by atoms with E-state index in [0.717, 1.165) is 26.2 Å². The molecule has 0 aromatic rings. The Morgan fingerprint density at radius 2 is 1.15 bits per heavy atom. The van der Waals surface area contributed by atoms with Gasteiger partial charge in [-0.15, -0.1) is 0 Å². The predicted octanol–water partition coefficient (Wildman–Crippen LogP) is 3.02. The highest BCUT2D eigenvalue weighted by Crippen LogP contribution is 2.57. The first-order chi connectivity index (χ1) is 6.04. The number of hydrogen-bond donors (Lipinski definition) is 0. The molecule has 0 atom stereocenters. The van der Waals surface area contributed by atoms with Gasteiger partial charge in [0.25, 0.3) is 0 Å². The highest BCUT2D eigenvalue weighted by molar-refractivity contribution is 7.85. The van der Waals surface area contributed by atoms with Gasteiger partial charge in [0.15, 0.2) is 0 Å². The van der Waals surface area contributed by atoms with Crippen LogP contribution in [0.15, 0.2) is 0 Å². The van der Waals surface area contributed by atoms with Crippen molar-refractivity contribution in [2.45, 2.75) is 27.7 Å². The first kappa shape index (κ1) is 13.4. The lowest BCUT2D eigenvalue weighted by Gasteiger charge is -2.32. The van der Waals surface area contributed by atoms with Crippen molar-refractivity contribution in [3.8, 4) is 0 Å². The van der Waals surface area contributed by atoms with Crippen LogP contribution in [0.3, 0.4) is 0 Å². The number of hydrogen-bond acceptors (Lipinski definition) is 1. The van der Waals surface area contributed by atoms with Crippen LogP contribution < -0.4 is 0 Å². The Balaban J connectivity index is 4.59. The van der Waals surface area contributed by atoms with E-state index < -0.39 is 6.80 Å². The lowest BCUT2D eigenvalue weighted by atomic mass is 10.7. The van der Waals surface area contributed by atoms with E-state index in [2.05, 4.69) is 0 Å². The molecule has 13 heavy (non-hydrogen) atoms. The molecule has 0 aliphatic rings. The standard InChI is InChI=1S/C8H20ClN2OP/c1-5-10(6-2)13(9,12)11(7-3)8-4/h5-8H2,1-4H3. The second-order valence-corrected chi connectivity index (χ2v) is 6.15. The van der Waals surface area contributed by atoms with Crippen LogP contribution in [0.5, 0.6) is 0 Å². The molecule has 0 unspecified atom stereocenters. The summed E-state index contributed by atoms with van der Waals surface area (Å²) in [4.78, 5) is 0. The zero-order chi connectivity index (χ0) is 10.5. The summed E-state index contributed by atoms with van der Waals surface area (Å²) in [6.07, 6.45) is 0. The minimum absolute atomic E-state index is 0.730. The lowest BCUT2D eigenvalue weighted by molar-refractivity contribution is 0.374. The van der Waals surface area contributed by atoms with Crippen molar-refractivity contribution in [3.05, 3.63) is 0 Å². The molecule has 0 aliphatic heterocycles. The topological polar surface area (TPSA) is 23.6 Å². The van der Waals surface area contributed by atoms with E-state index >= 15 is 0 Å². The molecule has 0 aromatic carbocycles. The average Bonchev–Trinajstić information content (AvgIpc) is 2.07. The summed E-state index contributed by atoms with van der Waals surface area (Å²) in [6, 6.07) is 0. The fourth-order valence-electron chi connectivity index (χ4n) is 1.32. The highest BCUT2D eigenvalue weighted by Gasteiger charge is 2.31. The SMILES string of the molecule is CCN(CC)P(=O)(Cl)N(CC)CC. The maximum atomic E-state index is 12.2. The van der Waals surface area contributed by atoms with Crippen LogP contribution in [0.4, 0.5) is 0 Å². The summed E-state index contributed by atoms with van der Waals surface area (Å²) in [6.45, 7) is 8.04. The summed E-state index contributed by atoms with van der Waals surface area (Å²) >= 11 is 6.08. The number of halogens is 1. The van der Waals surface area contributed by atoms with Crippen LogP contribution in [0.1, 0.15) is 27.7 Å². The molecule has 0 radical (unpaired) electrons. The summed E-state index contributed by atoms with van der Waals surface area (Å²) in [5, 5.41) is 0. The Morgan fingerprint density at radius 3 is 1.31 bits per heavy atom. The maximum Gasteiger partial charge on any atom is 0.304 e. The van der Waals surface area contributed by atoms with Gasteiger partial charge in [0, 0.05) is 26.2 Å². The van der Waals surface area contributed by atoms with Crippen molar-refractivity contribution >= 4 is 18.0 Å². The highest BCUT2D eigenvalue weighted by atomic mass is 35.7. The van der Waals surface area contributed by atoms with Gasteiger partial charge in [-0.2, -0.15) is 0 Å². The van der Waals surface area contributed by atoms with E-state index in [-0.39, 0.29) is 0 Å². The van der Waals surface area contributed by atoms with Crippen LogP contribution in [0.2, 0.25) is 0 Å². The summed E-state index contributed by atoms with van der Waals surface area (Å²) < 4.78 is 15.8. The summed E-state index contributed by atoms with van der Waals surface area (Å²) in [5.74, 6) is 0. The smallest absolute Gasteiger partial charge is 0.271 e. The van der Waals surface area contributed by atoms with Gasteiger partial charge in [-0.05, 0) is 11.2 Å². The van der Waals surface area contributed by atoms with Crippen LogP contribution >= 0.6 is 18.0 Å². The Kier molecular flexibility index (Phi) is 6.23. The van der Waals surface area contributed by atoms with Crippen LogP contribution in [-0.2, 0) is 4.57 Å². The Hall–Kier alpha value is 0.440. The van der Waals surface area contributed by atoms with Crippen molar-refractivity contribution < 1.29 is 4.57 Å². The quantitative estimate of drug-likeness (QED) is 0.651. The van der Waals surface area contributed by atoms with Gasteiger partial charge in [-0.1, -0.05) is 27.7 Å². The molecule has 0 heterocycles. The fraction of sp³-hybridized carbons (Fsp3) is 1.00. The molecule has 0 bridgehead atoms. The van der Waals surface area contributed by atoms with Crippen molar-refractivity contribution in [2.24, 2.45) is 0 Å². The third kappa shape index (κ3) is 3.25. The van der Waals surface area contributed by atoms with Gasteiger partial charge in [-0.25, -0.2) is 9.34 Å². The Bertz CT molecular complexity index is 165. The predicted molar refractivity (Wildman–Crippen MR) is 59.3 cm³/mol. The molecular weight excluding hydrogens is 207 g/mol. The minimum atomic E-state index is -2.77. The maximum absolute atomic E-state index is 12.2. The third-order valence-electron chi connectivity index (χ3n) is 2.16. The normalized spacial score (nSPS) is 12.8. The van der Waals surface area contributed by atoms with E-state index in [1.54, 1.807) is 0 Å². The van der Waals surface area contributed by atoms with Crippen LogP contribution in [0, 0.1) is 0 Å². The van der Waals surface area contributed by atoms with Crippen molar-refractivity contribution in [1.29, 1.82) is 0 Å². The largest absolute Gasteiger partial charge is 0.304 e. The van der Waals surface area contributed by atoms with E-state index in [1.165, 1.54) is 0 Å². The second-order valence-electron chi connectivity index (χ2n) is 2.75. The average molecular weight is 227 g/mol. The Morgan fingerprint density at radius 1 is 0.923 bits per heavy atom. The Labute approximate surface area is 86.3 Å². The number of rotatable bonds is 6. The van der Waals surface area contributed by atoms with Gasteiger partial charge < -0.3 is 0 Å². The van der Waals surface area contributed by atoms with Gasteiger partial charge >= 0.3 is 6.80 Å². The molecule has 0 N–H and O–H groups in total. The molecule has 0 spiro atoms. The first-order valence-electron chi connectivity index (χ1n) is 4.84. The summed E-state index contributed by atoms with van der Waals surface area (Å²) in [5.41, 5.74) is 0. The molecule has 0 saturated heterocycles. The van der Waals surface area contributed by atoms with Gasteiger partial charge in [-0.3, -0.25) is 4.57 Å². The zero-order valence-electron chi connectivity index (χ0n) is 8.96. The van der Waals surface area contributed by atoms with E-state index in [1.807, 2.05) is 37.0 Å². The zero-order valence-corrected chi connectivity index (χ0v) is 10.6. The van der Waals surface area contributed by atoms with Crippen molar-refractivity contribution in [2.75, 3.05) is 26.2 Å². The molecule has 80 valence electrons. The van der Waals surface area contributed by atoms with Crippen LogP contribution in [0.25, 0.3) is 0 Å². The summed E-state index contributed by atoms with van der Waals surface area (Å²) in [7, 11) is 0. The van der Waals surface area contributed by atoms with E-state index in [9.17, 15) is 4.57 Å². The van der Waals surface area contributed by atoms with Gasteiger partial charge in [0.05, 0.1) is 0 Å². The van der Waals surface area contributed by atoms with E-state index in [4.69, 9.17) is 11.2 Å². The van der Waals surface area contributed by atoms with Gasteiger partial charge in [0.2, 0.25) is 0 Å². The molecule has 0 rings (SSSR count). The fourth-order valence-corrected chi connectivity index (χ4v) is 4.36. The second kappa shape index (κ2) is 6.02. The molecule has 3 nitrogen and oxygen atoms in total. The van der Waals surface area contributed by atoms with Crippen molar-refractivity contribution in [1.82, 2.24) is 9.34 Å². The monoisotopic (exact) mass is 226 g/mol. The molecular formula is C8H20ClN2OP. The number of nitrogens with zero attached hydrogens (tertiary/aromatic N) is 2. The third-order valence-corrected chi connectivity index (χ3v) is 5.97. The minimum Gasteiger partial charge on any atom is -0.271 e. The molecule has 0 aliphatic carbocycles. The van der Waals surface area contributed by atoms with Gasteiger partial charge in [0.1, 0.15) is 0 Å². The van der Waals surface area contributed by atoms with E-state index in [0.29, 0.717) is 0 Å². The lowest BCUT2D eigenvalue weighted by Crippen LogP contribution is -2.29. The van der Waals surface area contributed by atoms with Crippen LogP contribution in [-0.4, -0.2) is 35.5 Å². The first-order valence-corrected chi connectivity index (χ1v) is 7.36. The molecule has 0 saturated carbocycles. The molecule has 0 amide bonds. The molecule has 5 heteroatoms. The molecule has 0 aromatic heterocycles. The van der Waals surface area contributed by atoms with Crippen molar-refractivity contribution in [3.63, 3.8) is 0 Å².